The fourth-order valence-electron chi connectivity index (χ4n) is 1.11. The molecule has 2 aromatic rings. The van der Waals surface area contributed by atoms with Gasteiger partial charge in [-0.05, 0) is 19.9 Å². The summed E-state index contributed by atoms with van der Waals surface area (Å²) in [6.07, 6.45) is 0. The quantitative estimate of drug-likeness (QED) is 0.701. The zero-order valence-corrected chi connectivity index (χ0v) is 9.35. The second kappa shape index (κ2) is 3.63. The van der Waals surface area contributed by atoms with Crippen molar-refractivity contribution < 1.29 is 0 Å². The van der Waals surface area contributed by atoms with Gasteiger partial charge in [-0.25, -0.2) is 15.0 Å². The van der Waals surface area contributed by atoms with Crippen LogP contribution in [0, 0.1) is 13.8 Å². The van der Waals surface area contributed by atoms with Crippen molar-refractivity contribution in [3.05, 3.63) is 27.3 Å². The third-order valence-electron chi connectivity index (χ3n) is 1.67. The predicted molar refractivity (Wildman–Crippen MR) is 57.6 cm³/mol. The first-order valence-electron chi connectivity index (χ1n) is 4.09. The first-order valence-corrected chi connectivity index (χ1v) is 5.34. The zero-order valence-electron chi connectivity index (χ0n) is 7.78. The van der Waals surface area contributed by atoms with Gasteiger partial charge in [0, 0.05) is 11.1 Å². The number of halogens is 1. The highest BCUT2D eigenvalue weighted by Crippen LogP contribution is 2.19. The summed E-state index contributed by atoms with van der Waals surface area (Å²) in [5.41, 5.74) is 1.64. The molecule has 0 unspecified atom stereocenters. The average Bonchev–Trinajstić information content (AvgIpc) is 2.50. The summed E-state index contributed by atoms with van der Waals surface area (Å²) in [6.45, 7) is 3.84. The topological polar surface area (TPSA) is 38.7 Å². The maximum absolute atomic E-state index is 5.83. The maximum Gasteiger partial charge on any atom is 0.180 e. The fourth-order valence-corrected chi connectivity index (χ4v) is 1.94. The molecule has 0 aliphatic rings. The molecule has 0 fully saturated rings. The molecule has 0 radical (unpaired) electrons. The molecule has 0 aromatic carbocycles. The number of nitrogens with zero attached hydrogens (tertiary/aromatic N) is 3. The van der Waals surface area contributed by atoms with E-state index in [1.807, 2.05) is 19.2 Å². The van der Waals surface area contributed by atoms with Crippen molar-refractivity contribution in [2.75, 3.05) is 0 Å². The number of thiazole rings is 1. The Balaban J connectivity index is 2.51. The van der Waals surface area contributed by atoms with E-state index in [4.69, 9.17) is 11.6 Å². The van der Waals surface area contributed by atoms with Crippen molar-refractivity contribution in [1.29, 1.82) is 0 Å². The van der Waals surface area contributed by atoms with Crippen LogP contribution >= 0.6 is 22.9 Å². The molecule has 0 saturated carbocycles. The standard InChI is InChI=1S/C9H8ClN3S/c1-5-3-8(10)13-9(11-5)7-4-14-6(2)12-7/h3-4H,1-2H3. The molecule has 0 atom stereocenters. The van der Waals surface area contributed by atoms with E-state index in [1.54, 1.807) is 17.4 Å². The first-order chi connectivity index (χ1) is 6.65. The summed E-state index contributed by atoms with van der Waals surface area (Å²) in [5, 5.41) is 3.39. The Bertz CT molecular complexity index is 447. The van der Waals surface area contributed by atoms with Crippen LogP contribution in [0.25, 0.3) is 11.5 Å². The molecule has 72 valence electrons. The summed E-state index contributed by atoms with van der Waals surface area (Å²) in [7, 11) is 0. The van der Waals surface area contributed by atoms with Gasteiger partial charge in [-0.15, -0.1) is 11.3 Å². The Morgan fingerprint density at radius 1 is 1.21 bits per heavy atom. The number of hydrogen-bond donors (Lipinski definition) is 0. The van der Waals surface area contributed by atoms with Gasteiger partial charge >= 0.3 is 0 Å². The van der Waals surface area contributed by atoms with Crippen molar-refractivity contribution in [2.24, 2.45) is 0 Å². The van der Waals surface area contributed by atoms with Crippen LogP contribution in [-0.4, -0.2) is 15.0 Å². The highest BCUT2D eigenvalue weighted by molar-refractivity contribution is 7.09. The van der Waals surface area contributed by atoms with Gasteiger partial charge in [0.25, 0.3) is 0 Å². The van der Waals surface area contributed by atoms with Crippen molar-refractivity contribution in [3.8, 4) is 11.5 Å². The minimum atomic E-state index is 0.457. The summed E-state index contributed by atoms with van der Waals surface area (Å²) in [6, 6.07) is 1.73. The van der Waals surface area contributed by atoms with Gasteiger partial charge in [0.1, 0.15) is 10.8 Å². The summed E-state index contributed by atoms with van der Waals surface area (Å²) >= 11 is 7.41. The normalized spacial score (nSPS) is 10.5. The number of hydrogen-bond acceptors (Lipinski definition) is 4. The minimum Gasteiger partial charge on any atom is -0.238 e. The summed E-state index contributed by atoms with van der Waals surface area (Å²) in [5.74, 6) is 0.597. The largest absolute Gasteiger partial charge is 0.238 e. The van der Waals surface area contributed by atoms with E-state index in [1.165, 1.54) is 0 Å². The van der Waals surface area contributed by atoms with Gasteiger partial charge in [0.15, 0.2) is 5.82 Å². The fraction of sp³-hybridized carbons (Fsp3) is 0.222. The SMILES string of the molecule is Cc1cc(Cl)nc(-c2csc(C)n2)n1. The molecule has 0 amide bonds. The van der Waals surface area contributed by atoms with Crippen LogP contribution in [0.4, 0.5) is 0 Å². The molecule has 2 aromatic heterocycles. The number of aromatic nitrogens is 3. The van der Waals surface area contributed by atoms with Crippen molar-refractivity contribution in [3.63, 3.8) is 0 Å². The highest BCUT2D eigenvalue weighted by Gasteiger charge is 2.06. The second-order valence-electron chi connectivity index (χ2n) is 2.91. The lowest BCUT2D eigenvalue weighted by Gasteiger charge is -1.97. The molecule has 0 aliphatic carbocycles. The van der Waals surface area contributed by atoms with Crippen molar-refractivity contribution in [2.45, 2.75) is 13.8 Å². The van der Waals surface area contributed by atoms with E-state index in [0.717, 1.165) is 16.4 Å². The lowest BCUT2D eigenvalue weighted by Crippen LogP contribution is -1.92. The highest BCUT2D eigenvalue weighted by atomic mass is 35.5. The third-order valence-corrected chi connectivity index (χ3v) is 2.64. The molecule has 14 heavy (non-hydrogen) atoms. The molecular weight excluding hydrogens is 218 g/mol. The molecule has 0 N–H and O–H groups in total. The van der Waals surface area contributed by atoms with E-state index in [0.29, 0.717) is 11.0 Å². The monoisotopic (exact) mass is 225 g/mol. The van der Waals surface area contributed by atoms with Gasteiger partial charge in [0.05, 0.1) is 5.01 Å². The molecule has 3 nitrogen and oxygen atoms in total. The van der Waals surface area contributed by atoms with Crippen LogP contribution in [0.5, 0.6) is 0 Å². The molecular formula is C9H8ClN3S. The maximum atomic E-state index is 5.83. The van der Waals surface area contributed by atoms with E-state index in [-0.39, 0.29) is 0 Å². The van der Waals surface area contributed by atoms with Crippen LogP contribution in [0.15, 0.2) is 11.4 Å². The lowest BCUT2D eigenvalue weighted by molar-refractivity contribution is 1.09. The van der Waals surface area contributed by atoms with Gasteiger partial charge in [0.2, 0.25) is 0 Å². The Labute approximate surface area is 90.8 Å². The van der Waals surface area contributed by atoms with Crippen molar-refractivity contribution in [1.82, 2.24) is 15.0 Å². The molecule has 0 saturated heterocycles. The minimum absolute atomic E-state index is 0.457. The molecule has 2 rings (SSSR count). The Morgan fingerprint density at radius 2 is 2.00 bits per heavy atom. The molecule has 0 spiro atoms. The summed E-state index contributed by atoms with van der Waals surface area (Å²) < 4.78 is 0. The van der Waals surface area contributed by atoms with Crippen molar-refractivity contribution >= 4 is 22.9 Å². The van der Waals surface area contributed by atoms with Crippen LogP contribution in [0.1, 0.15) is 10.7 Å². The van der Waals surface area contributed by atoms with Crippen LogP contribution in [0.3, 0.4) is 0 Å². The number of rotatable bonds is 1. The van der Waals surface area contributed by atoms with Crippen LogP contribution in [0.2, 0.25) is 5.15 Å². The van der Waals surface area contributed by atoms with Gasteiger partial charge in [-0.1, -0.05) is 11.6 Å². The van der Waals surface area contributed by atoms with E-state index < -0.39 is 0 Å². The Kier molecular flexibility index (Phi) is 2.48. The number of aryl methyl sites for hydroxylation is 2. The Hall–Kier alpha value is -1.00. The molecule has 0 bridgehead atoms. The van der Waals surface area contributed by atoms with Gasteiger partial charge in [-0.2, -0.15) is 0 Å². The van der Waals surface area contributed by atoms with Crippen LogP contribution in [-0.2, 0) is 0 Å². The summed E-state index contributed by atoms with van der Waals surface area (Å²) in [4.78, 5) is 12.7. The molecule has 5 heteroatoms. The van der Waals surface area contributed by atoms with E-state index in [9.17, 15) is 0 Å². The first kappa shape index (κ1) is 9.55. The van der Waals surface area contributed by atoms with Gasteiger partial charge < -0.3 is 0 Å². The molecule has 0 aliphatic heterocycles. The van der Waals surface area contributed by atoms with Gasteiger partial charge in [-0.3, -0.25) is 0 Å². The van der Waals surface area contributed by atoms with E-state index in [2.05, 4.69) is 15.0 Å². The Morgan fingerprint density at radius 3 is 2.57 bits per heavy atom. The predicted octanol–water partition coefficient (Wildman–Crippen LogP) is 2.87. The molecule has 2 heterocycles. The average molecular weight is 226 g/mol. The third kappa shape index (κ3) is 1.91. The smallest absolute Gasteiger partial charge is 0.180 e. The van der Waals surface area contributed by atoms with Crippen LogP contribution < -0.4 is 0 Å². The van der Waals surface area contributed by atoms with E-state index >= 15 is 0 Å². The second-order valence-corrected chi connectivity index (χ2v) is 4.36. The zero-order chi connectivity index (χ0) is 10.1. The lowest BCUT2D eigenvalue weighted by atomic mass is 10.4.